The second-order valence-corrected chi connectivity index (χ2v) is 12.5. The topological polar surface area (TPSA) is 276 Å². The number of carbonyl (C=O) groups is 8. The molecule has 0 radical (unpaired) electrons. The fourth-order valence-electron chi connectivity index (χ4n) is 4.94. The molecule has 0 amide bonds. The summed E-state index contributed by atoms with van der Waals surface area (Å²) in [5.74, 6) is -13.5. The summed E-state index contributed by atoms with van der Waals surface area (Å²) in [6, 6.07) is 22.5. The Hall–Kier alpha value is -7.04. The first-order chi connectivity index (χ1) is 26.2. The van der Waals surface area contributed by atoms with Gasteiger partial charge in [0.1, 0.15) is 0 Å². The minimum atomic E-state index is -3.36. The molecule has 0 aliphatic heterocycles. The average Bonchev–Trinajstić information content (AvgIpc) is 3.15. The van der Waals surface area contributed by atoms with Gasteiger partial charge < -0.3 is 40.1 Å². The van der Waals surface area contributed by atoms with Crippen molar-refractivity contribution in [3.63, 3.8) is 0 Å². The maximum atomic E-state index is 12.9. The molecule has 292 valence electrons. The van der Waals surface area contributed by atoms with Crippen LogP contribution in [-0.4, -0.2) is 101 Å². The van der Waals surface area contributed by atoms with Crippen molar-refractivity contribution < 1.29 is 78.5 Å². The van der Waals surface area contributed by atoms with E-state index in [2.05, 4.69) is 0 Å². The van der Waals surface area contributed by atoms with Gasteiger partial charge in [0.25, 0.3) is 0 Å². The molecule has 4 unspecified atom stereocenters. The van der Waals surface area contributed by atoms with Gasteiger partial charge in [0.2, 0.25) is 23.8 Å². The number of carboxylic acids is 4. The Morgan fingerprint density at radius 3 is 0.821 bits per heavy atom. The van der Waals surface area contributed by atoms with E-state index in [-0.39, 0.29) is 22.3 Å². The molecule has 0 aliphatic rings. The van der Waals surface area contributed by atoms with Crippen LogP contribution in [0.3, 0.4) is 0 Å². The molecule has 4 aromatic carbocycles. The maximum Gasteiger partial charge on any atom is 0.360 e. The monoisotopic (exact) mass is 772 g/mol. The number of benzene rings is 4. The van der Waals surface area contributed by atoms with Crippen molar-refractivity contribution in [1.82, 2.24) is 0 Å². The smallest absolute Gasteiger partial charge is 0.360 e. The Morgan fingerprint density at radius 1 is 0.411 bits per heavy atom. The zero-order valence-electron chi connectivity index (χ0n) is 30.2. The lowest BCUT2D eigenvalue weighted by atomic mass is 9.86. The first-order valence-electron chi connectivity index (χ1n) is 16.3. The standard InChI is InChI=1S/2C20H18O8/c2*1-11-3-7-13(8-4-11)15(21)20(19(26)27,16(22)17(23)24)28-18(25)14-9-5-12(2)6-10-14/h2*3-10,16,22H,1-2H3,(H,23,24)(H,26,27). The molecule has 0 aromatic heterocycles. The van der Waals surface area contributed by atoms with Gasteiger partial charge in [0.05, 0.1) is 11.1 Å². The van der Waals surface area contributed by atoms with Gasteiger partial charge in [0, 0.05) is 11.1 Å². The Balaban J connectivity index is 0.000000300. The van der Waals surface area contributed by atoms with Gasteiger partial charge in [-0.15, -0.1) is 0 Å². The van der Waals surface area contributed by atoms with Gasteiger partial charge in [-0.05, 0) is 52.0 Å². The van der Waals surface area contributed by atoms with Crippen LogP contribution in [-0.2, 0) is 28.7 Å². The zero-order chi connectivity index (χ0) is 42.1. The molecule has 0 spiro atoms. The highest BCUT2D eigenvalue weighted by Crippen LogP contribution is 2.28. The minimum absolute atomic E-state index is 0.106. The van der Waals surface area contributed by atoms with Crippen LogP contribution in [0.2, 0.25) is 0 Å². The third-order valence-corrected chi connectivity index (χ3v) is 8.26. The highest BCUT2D eigenvalue weighted by Gasteiger charge is 2.61. The number of ether oxygens (including phenoxy) is 2. The molecule has 0 aliphatic carbocycles. The van der Waals surface area contributed by atoms with Gasteiger partial charge >= 0.3 is 47.0 Å². The molecular formula is C40H36O16. The third-order valence-electron chi connectivity index (χ3n) is 8.26. The van der Waals surface area contributed by atoms with Crippen molar-refractivity contribution in [1.29, 1.82) is 0 Å². The molecule has 4 atom stereocenters. The Kier molecular flexibility index (Phi) is 13.8. The van der Waals surface area contributed by atoms with Gasteiger partial charge in [-0.1, -0.05) is 95.1 Å². The van der Waals surface area contributed by atoms with Crippen molar-refractivity contribution in [2.45, 2.75) is 51.1 Å². The number of aliphatic carboxylic acids is 4. The molecule has 0 fully saturated rings. The van der Waals surface area contributed by atoms with Crippen LogP contribution >= 0.6 is 0 Å². The molecule has 0 saturated heterocycles. The first kappa shape index (κ1) is 43.4. The third kappa shape index (κ3) is 9.36. The number of rotatable bonds is 14. The van der Waals surface area contributed by atoms with E-state index in [9.17, 15) is 58.8 Å². The second kappa shape index (κ2) is 17.9. The second-order valence-electron chi connectivity index (χ2n) is 12.5. The van der Waals surface area contributed by atoms with Crippen LogP contribution in [0.5, 0.6) is 0 Å². The lowest BCUT2D eigenvalue weighted by Gasteiger charge is -2.30. The molecular weight excluding hydrogens is 736 g/mol. The highest BCUT2D eigenvalue weighted by molar-refractivity contribution is 6.20. The molecule has 4 aromatic rings. The van der Waals surface area contributed by atoms with E-state index in [1.165, 1.54) is 72.8 Å². The van der Waals surface area contributed by atoms with Crippen molar-refractivity contribution in [3.8, 4) is 0 Å². The van der Waals surface area contributed by atoms with E-state index in [1.54, 1.807) is 52.0 Å². The normalized spacial score (nSPS) is 13.8. The number of aliphatic hydroxyl groups excluding tert-OH is 2. The van der Waals surface area contributed by atoms with Gasteiger partial charge in [0.15, 0.2) is 0 Å². The fraction of sp³-hybridized carbons (Fsp3) is 0.200. The Labute approximate surface area is 318 Å². The molecule has 16 heteroatoms. The fourth-order valence-corrected chi connectivity index (χ4v) is 4.94. The van der Waals surface area contributed by atoms with E-state index in [1.807, 2.05) is 0 Å². The number of Topliss-reactive ketones (excluding diaryl/α,β-unsaturated/α-hetero) is 2. The van der Waals surface area contributed by atoms with E-state index in [4.69, 9.17) is 19.7 Å². The summed E-state index contributed by atoms with van der Waals surface area (Å²) in [4.78, 5) is 97.3. The quantitative estimate of drug-likeness (QED) is 0.0610. The van der Waals surface area contributed by atoms with Crippen LogP contribution in [0.4, 0.5) is 0 Å². The summed E-state index contributed by atoms with van der Waals surface area (Å²) >= 11 is 0. The predicted molar refractivity (Wildman–Crippen MR) is 192 cm³/mol. The summed E-state index contributed by atoms with van der Waals surface area (Å²) in [6.07, 6.45) is -5.65. The van der Waals surface area contributed by atoms with E-state index in [0.29, 0.717) is 0 Å². The SMILES string of the molecule is Cc1ccc(C(=O)OC(C(=O)O)(C(=O)c2ccc(C)cc2)C(O)C(=O)O)cc1.Cc1ccc(C(=O)OC(C(=O)O)(C(=O)c2ccc(C)cc2)C(O)C(=O)O)cc1. The van der Waals surface area contributed by atoms with Crippen molar-refractivity contribution in [2.24, 2.45) is 0 Å². The van der Waals surface area contributed by atoms with Crippen LogP contribution in [0.15, 0.2) is 97.1 Å². The summed E-state index contributed by atoms with van der Waals surface area (Å²) in [5.41, 5.74) is -4.26. The number of aliphatic hydroxyl groups is 2. The van der Waals surface area contributed by atoms with Crippen molar-refractivity contribution in [2.75, 3.05) is 0 Å². The number of carbonyl (C=O) groups excluding carboxylic acids is 4. The van der Waals surface area contributed by atoms with Crippen LogP contribution in [0, 0.1) is 27.7 Å². The van der Waals surface area contributed by atoms with Crippen LogP contribution in [0.1, 0.15) is 63.7 Å². The molecule has 0 saturated carbocycles. The van der Waals surface area contributed by atoms with Gasteiger partial charge in [-0.25, -0.2) is 28.8 Å². The number of hydrogen-bond donors (Lipinski definition) is 6. The molecule has 56 heavy (non-hydrogen) atoms. The summed E-state index contributed by atoms with van der Waals surface area (Å²) in [6.45, 7) is 6.96. The average molecular weight is 773 g/mol. The van der Waals surface area contributed by atoms with Crippen LogP contribution < -0.4 is 0 Å². The number of hydrogen-bond acceptors (Lipinski definition) is 12. The van der Waals surface area contributed by atoms with Crippen molar-refractivity contribution >= 4 is 47.4 Å². The maximum absolute atomic E-state index is 12.9. The predicted octanol–water partition coefficient (Wildman–Crippen LogP) is 3.22. The Bertz CT molecular complexity index is 1980. The number of ketones is 2. The number of carboxylic acid groups (broad SMARTS) is 4. The lowest BCUT2D eigenvalue weighted by Crippen LogP contribution is -2.61. The number of aryl methyl sites for hydroxylation is 4. The van der Waals surface area contributed by atoms with Crippen molar-refractivity contribution in [3.05, 3.63) is 142 Å². The molecule has 16 nitrogen and oxygen atoms in total. The van der Waals surface area contributed by atoms with E-state index >= 15 is 0 Å². The minimum Gasteiger partial charge on any atom is -0.479 e. The molecule has 6 N–H and O–H groups in total. The summed E-state index contributed by atoms with van der Waals surface area (Å²) in [7, 11) is 0. The van der Waals surface area contributed by atoms with Gasteiger partial charge in [-0.2, -0.15) is 0 Å². The molecule has 0 heterocycles. The number of esters is 2. The molecule has 0 bridgehead atoms. The van der Waals surface area contributed by atoms with Gasteiger partial charge in [-0.3, -0.25) is 9.59 Å². The first-order valence-corrected chi connectivity index (χ1v) is 16.3. The summed E-state index contributed by atoms with van der Waals surface area (Å²) in [5, 5.41) is 57.7. The largest absolute Gasteiger partial charge is 0.479 e. The Morgan fingerprint density at radius 2 is 0.625 bits per heavy atom. The highest BCUT2D eigenvalue weighted by atomic mass is 16.6. The summed E-state index contributed by atoms with van der Waals surface area (Å²) < 4.78 is 9.75. The van der Waals surface area contributed by atoms with E-state index < -0.39 is 70.8 Å². The van der Waals surface area contributed by atoms with E-state index in [0.717, 1.165) is 22.3 Å². The van der Waals surface area contributed by atoms with Crippen LogP contribution in [0.25, 0.3) is 0 Å². The zero-order valence-corrected chi connectivity index (χ0v) is 30.2. The molecule has 4 rings (SSSR count). The lowest BCUT2D eigenvalue weighted by molar-refractivity contribution is -0.176.